The summed E-state index contributed by atoms with van der Waals surface area (Å²) in [6, 6.07) is 1.89. The Morgan fingerprint density at radius 3 is 2.44 bits per heavy atom. The maximum Gasteiger partial charge on any atom is 0.257 e. The summed E-state index contributed by atoms with van der Waals surface area (Å²) in [6.07, 6.45) is 1.57. The van der Waals surface area contributed by atoms with E-state index in [1.165, 1.54) is 0 Å². The highest BCUT2D eigenvalue weighted by atomic mass is 16.2. The predicted molar refractivity (Wildman–Crippen MR) is 74.4 cm³/mol. The van der Waals surface area contributed by atoms with Crippen LogP contribution in [0.15, 0.2) is 12.3 Å². The quantitative estimate of drug-likeness (QED) is 0.891. The summed E-state index contributed by atoms with van der Waals surface area (Å²) < 4.78 is 0. The zero-order valence-electron chi connectivity index (χ0n) is 11.9. The van der Waals surface area contributed by atoms with Crippen molar-refractivity contribution in [3.8, 4) is 0 Å². The number of amides is 1. The van der Waals surface area contributed by atoms with E-state index in [4.69, 9.17) is 5.73 Å². The number of carbonyl (C=O) groups is 1. The minimum Gasteiger partial charge on any atom is -0.398 e. The van der Waals surface area contributed by atoms with E-state index in [1.807, 2.05) is 25.7 Å². The number of anilines is 1. The van der Waals surface area contributed by atoms with Crippen LogP contribution in [0, 0.1) is 12.8 Å². The first-order chi connectivity index (χ1) is 8.32. The summed E-state index contributed by atoms with van der Waals surface area (Å²) in [7, 11) is 0. The maximum atomic E-state index is 12.5. The fourth-order valence-electron chi connectivity index (χ4n) is 1.84. The van der Waals surface area contributed by atoms with Crippen LogP contribution in [-0.4, -0.2) is 28.4 Å². The standard InChI is InChI=1S/C14H23N3O/c1-9(2)8-17(10(3)4)14(18)12-7-16-11(5)6-13(12)15/h6-7,9-10H,8H2,1-5H3,(H2,15,16). The summed E-state index contributed by atoms with van der Waals surface area (Å²) >= 11 is 0. The summed E-state index contributed by atoms with van der Waals surface area (Å²) in [4.78, 5) is 18.5. The second-order valence-electron chi connectivity index (χ2n) is 5.36. The first-order valence-corrected chi connectivity index (χ1v) is 6.36. The van der Waals surface area contributed by atoms with Crippen molar-refractivity contribution in [3.63, 3.8) is 0 Å². The lowest BCUT2D eigenvalue weighted by atomic mass is 10.1. The van der Waals surface area contributed by atoms with Crippen molar-refractivity contribution in [2.75, 3.05) is 12.3 Å². The Morgan fingerprint density at radius 1 is 1.39 bits per heavy atom. The molecule has 0 fully saturated rings. The average molecular weight is 249 g/mol. The van der Waals surface area contributed by atoms with Gasteiger partial charge in [0.25, 0.3) is 5.91 Å². The molecule has 4 nitrogen and oxygen atoms in total. The predicted octanol–water partition coefficient (Wildman–Crippen LogP) is 2.48. The van der Waals surface area contributed by atoms with Crippen molar-refractivity contribution in [3.05, 3.63) is 23.5 Å². The second kappa shape index (κ2) is 5.85. The smallest absolute Gasteiger partial charge is 0.257 e. The molecule has 4 heteroatoms. The van der Waals surface area contributed by atoms with Gasteiger partial charge in [0.2, 0.25) is 0 Å². The monoisotopic (exact) mass is 249 g/mol. The van der Waals surface area contributed by atoms with Crippen molar-refractivity contribution in [2.45, 2.75) is 40.7 Å². The molecular weight excluding hydrogens is 226 g/mol. The molecule has 0 saturated heterocycles. The Hall–Kier alpha value is -1.58. The van der Waals surface area contributed by atoms with Crippen molar-refractivity contribution >= 4 is 11.6 Å². The third-order valence-corrected chi connectivity index (χ3v) is 2.75. The van der Waals surface area contributed by atoms with Gasteiger partial charge in [0.15, 0.2) is 0 Å². The number of aryl methyl sites for hydroxylation is 1. The Kier molecular flexibility index (Phi) is 4.70. The second-order valence-corrected chi connectivity index (χ2v) is 5.36. The number of nitrogens with two attached hydrogens (primary N) is 1. The fraction of sp³-hybridized carbons (Fsp3) is 0.571. The van der Waals surface area contributed by atoms with Gasteiger partial charge in [0.05, 0.1) is 5.56 Å². The van der Waals surface area contributed by atoms with Crippen LogP contribution in [0.5, 0.6) is 0 Å². The SMILES string of the molecule is Cc1cc(N)c(C(=O)N(CC(C)C)C(C)C)cn1. The van der Waals surface area contributed by atoms with Crippen molar-refractivity contribution < 1.29 is 4.79 Å². The van der Waals surface area contributed by atoms with Gasteiger partial charge in [-0.3, -0.25) is 9.78 Å². The van der Waals surface area contributed by atoms with Crippen molar-refractivity contribution in [2.24, 2.45) is 5.92 Å². The molecule has 0 aliphatic heterocycles. The van der Waals surface area contributed by atoms with Gasteiger partial charge in [-0.1, -0.05) is 13.8 Å². The Labute approximate surface area is 109 Å². The molecule has 0 atom stereocenters. The van der Waals surface area contributed by atoms with E-state index in [9.17, 15) is 4.79 Å². The van der Waals surface area contributed by atoms with Crippen LogP contribution in [0.25, 0.3) is 0 Å². The molecule has 1 rings (SSSR count). The summed E-state index contributed by atoms with van der Waals surface area (Å²) in [6.45, 7) is 10.8. The first kappa shape index (κ1) is 14.5. The first-order valence-electron chi connectivity index (χ1n) is 6.36. The summed E-state index contributed by atoms with van der Waals surface area (Å²) in [5.41, 5.74) is 7.72. The van der Waals surface area contributed by atoms with Gasteiger partial charge in [-0.25, -0.2) is 0 Å². The Bertz CT molecular complexity index is 427. The van der Waals surface area contributed by atoms with Crippen LogP contribution < -0.4 is 5.73 Å². The highest BCUT2D eigenvalue weighted by Crippen LogP contribution is 2.16. The van der Waals surface area contributed by atoms with Gasteiger partial charge >= 0.3 is 0 Å². The van der Waals surface area contributed by atoms with Crippen LogP contribution >= 0.6 is 0 Å². The third-order valence-electron chi connectivity index (χ3n) is 2.75. The van der Waals surface area contributed by atoms with Crippen molar-refractivity contribution in [1.29, 1.82) is 0 Å². The van der Waals surface area contributed by atoms with Crippen LogP contribution in [0.3, 0.4) is 0 Å². The molecule has 1 aromatic rings. The van der Waals surface area contributed by atoms with Crippen LogP contribution in [0.4, 0.5) is 5.69 Å². The van der Waals surface area contributed by atoms with E-state index in [0.29, 0.717) is 17.2 Å². The van der Waals surface area contributed by atoms with E-state index in [-0.39, 0.29) is 11.9 Å². The number of rotatable bonds is 4. The Morgan fingerprint density at radius 2 is 2.00 bits per heavy atom. The van der Waals surface area contributed by atoms with Gasteiger partial charge in [-0.15, -0.1) is 0 Å². The molecule has 1 amide bonds. The molecule has 0 spiro atoms. The fourth-order valence-corrected chi connectivity index (χ4v) is 1.84. The van der Waals surface area contributed by atoms with E-state index in [2.05, 4.69) is 18.8 Å². The number of hydrogen-bond acceptors (Lipinski definition) is 3. The topological polar surface area (TPSA) is 59.2 Å². The lowest BCUT2D eigenvalue weighted by molar-refractivity contribution is 0.0682. The van der Waals surface area contributed by atoms with E-state index >= 15 is 0 Å². The van der Waals surface area contributed by atoms with E-state index in [0.717, 1.165) is 12.2 Å². The zero-order valence-corrected chi connectivity index (χ0v) is 11.9. The highest BCUT2D eigenvalue weighted by molar-refractivity contribution is 5.99. The molecule has 1 heterocycles. The number of aromatic nitrogens is 1. The molecule has 1 aromatic heterocycles. The van der Waals surface area contributed by atoms with Crippen LogP contribution in [-0.2, 0) is 0 Å². The van der Waals surface area contributed by atoms with Gasteiger partial charge in [0, 0.05) is 30.2 Å². The molecule has 0 saturated carbocycles. The number of hydrogen-bond donors (Lipinski definition) is 1. The minimum atomic E-state index is -0.0382. The largest absolute Gasteiger partial charge is 0.398 e. The van der Waals surface area contributed by atoms with Crippen LogP contribution in [0.2, 0.25) is 0 Å². The molecule has 0 radical (unpaired) electrons. The molecule has 0 bridgehead atoms. The summed E-state index contributed by atoms with van der Waals surface area (Å²) in [5, 5.41) is 0. The highest BCUT2D eigenvalue weighted by Gasteiger charge is 2.21. The molecule has 100 valence electrons. The molecule has 0 aliphatic rings. The minimum absolute atomic E-state index is 0.0382. The van der Waals surface area contributed by atoms with Gasteiger partial charge < -0.3 is 10.6 Å². The number of pyridine rings is 1. The molecular formula is C14H23N3O. The molecule has 0 unspecified atom stereocenters. The summed E-state index contributed by atoms with van der Waals surface area (Å²) in [5.74, 6) is 0.389. The molecule has 0 aliphatic carbocycles. The average Bonchev–Trinajstić information content (AvgIpc) is 2.24. The molecule has 18 heavy (non-hydrogen) atoms. The van der Waals surface area contributed by atoms with Crippen molar-refractivity contribution in [1.82, 2.24) is 9.88 Å². The molecule has 2 N–H and O–H groups in total. The van der Waals surface area contributed by atoms with Gasteiger partial charge in [0.1, 0.15) is 0 Å². The molecule has 0 aromatic carbocycles. The Balaban J connectivity index is 3.02. The third kappa shape index (κ3) is 3.45. The van der Waals surface area contributed by atoms with E-state index in [1.54, 1.807) is 12.3 Å². The maximum absolute atomic E-state index is 12.5. The van der Waals surface area contributed by atoms with Crippen LogP contribution in [0.1, 0.15) is 43.7 Å². The number of carbonyl (C=O) groups excluding carboxylic acids is 1. The number of nitrogen functional groups attached to an aromatic ring is 1. The van der Waals surface area contributed by atoms with Gasteiger partial charge in [-0.05, 0) is 32.8 Å². The lowest BCUT2D eigenvalue weighted by Gasteiger charge is -2.29. The number of nitrogens with zero attached hydrogens (tertiary/aromatic N) is 2. The normalized spacial score (nSPS) is 11.1. The lowest BCUT2D eigenvalue weighted by Crippen LogP contribution is -2.39. The van der Waals surface area contributed by atoms with E-state index < -0.39 is 0 Å². The van der Waals surface area contributed by atoms with Gasteiger partial charge in [-0.2, -0.15) is 0 Å². The zero-order chi connectivity index (χ0) is 13.9.